The van der Waals surface area contributed by atoms with E-state index in [0.29, 0.717) is 16.3 Å². The highest BCUT2D eigenvalue weighted by Crippen LogP contribution is 2.34. The van der Waals surface area contributed by atoms with Gasteiger partial charge in [-0.3, -0.25) is 4.79 Å². The van der Waals surface area contributed by atoms with Crippen LogP contribution in [-0.2, 0) is 0 Å². The Labute approximate surface area is 147 Å². The molecule has 122 valence electrons. The van der Waals surface area contributed by atoms with Crippen LogP contribution in [0.5, 0.6) is 0 Å². The maximum Gasteiger partial charge on any atom is 0.262 e. The quantitative estimate of drug-likeness (QED) is 0.895. The number of hydrogen-bond donors (Lipinski definition) is 1. The predicted molar refractivity (Wildman–Crippen MR) is 90.4 cm³/mol. The number of oxazole rings is 1. The molecule has 5 rings (SSSR count). The summed E-state index contributed by atoms with van der Waals surface area (Å²) in [7, 11) is 0. The second-order valence-electron chi connectivity index (χ2n) is 5.87. The molecule has 3 saturated heterocycles. The molecule has 8 heteroatoms. The van der Waals surface area contributed by atoms with Crippen molar-refractivity contribution in [1.29, 1.82) is 0 Å². The number of aromatic nitrogens is 1. The molecule has 1 N–H and O–H groups in total. The van der Waals surface area contributed by atoms with Crippen molar-refractivity contribution in [2.45, 2.75) is 28.3 Å². The summed E-state index contributed by atoms with van der Waals surface area (Å²) in [6.07, 6.45) is 3.79. The minimum atomic E-state index is 0.0195. The van der Waals surface area contributed by atoms with Crippen LogP contribution in [0.1, 0.15) is 22.5 Å². The predicted octanol–water partition coefficient (Wildman–Crippen LogP) is 3.36. The van der Waals surface area contributed by atoms with Gasteiger partial charge < -0.3 is 14.6 Å². The van der Waals surface area contributed by atoms with Gasteiger partial charge in [0.05, 0.1) is 9.09 Å². The summed E-state index contributed by atoms with van der Waals surface area (Å²) in [4.78, 5) is 19.7. The first-order chi connectivity index (χ1) is 11.2. The van der Waals surface area contributed by atoms with Crippen molar-refractivity contribution >= 4 is 40.6 Å². The molecule has 1 unspecified atom stereocenters. The summed E-state index contributed by atoms with van der Waals surface area (Å²) in [5.74, 6) is 0.651. The maximum atomic E-state index is 12.5. The van der Waals surface area contributed by atoms with E-state index in [0.717, 1.165) is 15.6 Å². The lowest BCUT2D eigenvalue weighted by Gasteiger charge is -2.44. The lowest BCUT2D eigenvalue weighted by molar-refractivity contribution is 0.0622. The number of fused-ring (bicyclic) bond motifs is 3. The number of carbonyl (C=O) groups is 1. The molecule has 0 aliphatic carbocycles. The lowest BCUT2D eigenvalue weighted by Crippen LogP contribution is -2.57. The fourth-order valence-electron chi connectivity index (χ4n) is 3.24. The average Bonchev–Trinajstić information content (AvgIpc) is 3.18. The van der Waals surface area contributed by atoms with E-state index in [1.54, 1.807) is 0 Å². The van der Waals surface area contributed by atoms with E-state index in [1.165, 1.54) is 55.3 Å². The molecule has 0 aromatic carbocycles. The molecule has 0 spiro atoms. The van der Waals surface area contributed by atoms with E-state index in [9.17, 15) is 4.79 Å². The first-order valence-corrected chi connectivity index (χ1v) is 9.60. The van der Waals surface area contributed by atoms with Gasteiger partial charge in [0.2, 0.25) is 0 Å². The summed E-state index contributed by atoms with van der Waals surface area (Å²) in [6, 6.07) is 4.06. The lowest BCUT2D eigenvalue weighted by atomic mass is 9.84. The van der Waals surface area contributed by atoms with Gasteiger partial charge in [-0.25, -0.2) is 0 Å². The molecule has 2 bridgehead atoms. The van der Waals surface area contributed by atoms with Crippen molar-refractivity contribution in [3.8, 4) is 0 Å². The second kappa shape index (κ2) is 6.47. The van der Waals surface area contributed by atoms with Gasteiger partial charge in [0.1, 0.15) is 6.26 Å². The maximum absolute atomic E-state index is 12.5. The van der Waals surface area contributed by atoms with Crippen LogP contribution in [0.4, 0.5) is 0 Å². The molecule has 2 aromatic rings. The highest BCUT2D eigenvalue weighted by Gasteiger charge is 2.35. The molecule has 0 radical (unpaired) electrons. The second-order valence-corrected chi connectivity index (χ2v) is 8.60. The fraction of sp³-hybridized carbons (Fsp3) is 0.467. The van der Waals surface area contributed by atoms with E-state index in [4.69, 9.17) is 16.0 Å². The molecule has 3 aliphatic rings. The molecular formula is C15H16ClN3O2S2. The highest BCUT2D eigenvalue weighted by atomic mass is 35.5. The van der Waals surface area contributed by atoms with Gasteiger partial charge in [-0.15, -0.1) is 11.3 Å². The third-order valence-corrected chi connectivity index (χ3v) is 6.67. The van der Waals surface area contributed by atoms with Crippen LogP contribution in [0.15, 0.2) is 32.2 Å². The Balaban J connectivity index is 1.39. The van der Waals surface area contributed by atoms with Crippen LogP contribution in [-0.4, -0.2) is 41.5 Å². The Morgan fingerprint density at radius 1 is 1.43 bits per heavy atom. The monoisotopic (exact) mass is 369 g/mol. The fourth-order valence-corrected chi connectivity index (χ4v) is 5.25. The van der Waals surface area contributed by atoms with Crippen molar-refractivity contribution in [2.75, 3.05) is 19.6 Å². The van der Waals surface area contributed by atoms with Crippen LogP contribution >= 0.6 is 34.7 Å². The first-order valence-electron chi connectivity index (χ1n) is 7.59. The SMILES string of the molecule is O=C(NC1CN2CCC1CC2)c1ccc(Sc2nc(Cl)co2)s1. The van der Waals surface area contributed by atoms with Crippen LogP contribution in [0.2, 0.25) is 5.15 Å². The topological polar surface area (TPSA) is 58.4 Å². The molecule has 5 heterocycles. The Bertz CT molecular complexity index is 709. The number of hydrogen-bond acceptors (Lipinski definition) is 6. The summed E-state index contributed by atoms with van der Waals surface area (Å²) < 4.78 is 6.17. The third kappa shape index (κ3) is 3.42. The molecule has 5 nitrogen and oxygen atoms in total. The molecule has 23 heavy (non-hydrogen) atoms. The van der Waals surface area contributed by atoms with Crippen LogP contribution in [0.25, 0.3) is 0 Å². The standard InChI is InChI=1S/C15H16ClN3O2S2/c16-12-8-21-15(18-12)23-13-2-1-11(22-13)14(20)17-10-7-19-5-3-9(10)4-6-19/h1-2,8-10H,3-7H2,(H,17,20). The summed E-state index contributed by atoms with van der Waals surface area (Å²) >= 11 is 8.56. The number of nitrogens with zero attached hydrogens (tertiary/aromatic N) is 2. The largest absolute Gasteiger partial charge is 0.438 e. The number of halogens is 1. The highest BCUT2D eigenvalue weighted by molar-refractivity contribution is 8.01. The number of piperidine rings is 3. The smallest absolute Gasteiger partial charge is 0.262 e. The van der Waals surface area contributed by atoms with Crippen molar-refractivity contribution in [2.24, 2.45) is 5.92 Å². The number of nitrogens with one attached hydrogen (secondary N) is 1. The molecule has 0 saturated carbocycles. The normalized spacial score (nSPS) is 26.4. The first kappa shape index (κ1) is 15.5. The van der Waals surface area contributed by atoms with Gasteiger partial charge in [-0.05, 0) is 55.7 Å². The van der Waals surface area contributed by atoms with E-state index >= 15 is 0 Å². The summed E-state index contributed by atoms with van der Waals surface area (Å²) in [5, 5.41) is 4.03. The zero-order valence-corrected chi connectivity index (χ0v) is 14.7. The Morgan fingerprint density at radius 2 is 2.26 bits per heavy atom. The number of rotatable bonds is 4. The molecule has 2 aromatic heterocycles. The Kier molecular flexibility index (Phi) is 4.36. The van der Waals surface area contributed by atoms with E-state index in [1.807, 2.05) is 12.1 Å². The molecule has 3 fully saturated rings. The molecular weight excluding hydrogens is 354 g/mol. The zero-order valence-electron chi connectivity index (χ0n) is 12.3. The van der Waals surface area contributed by atoms with E-state index < -0.39 is 0 Å². The van der Waals surface area contributed by atoms with Crippen molar-refractivity contribution < 1.29 is 9.21 Å². The minimum Gasteiger partial charge on any atom is -0.438 e. The third-order valence-electron chi connectivity index (χ3n) is 4.42. The molecule has 1 amide bonds. The average molecular weight is 370 g/mol. The van der Waals surface area contributed by atoms with Gasteiger partial charge in [0, 0.05) is 12.6 Å². The van der Waals surface area contributed by atoms with Crippen molar-refractivity contribution in [3.63, 3.8) is 0 Å². The van der Waals surface area contributed by atoms with Crippen LogP contribution in [0.3, 0.4) is 0 Å². The van der Waals surface area contributed by atoms with E-state index in [-0.39, 0.29) is 11.9 Å². The summed E-state index contributed by atoms with van der Waals surface area (Å²) in [6.45, 7) is 3.34. The minimum absolute atomic E-state index is 0.0195. The van der Waals surface area contributed by atoms with E-state index in [2.05, 4.69) is 15.2 Å². The number of carbonyl (C=O) groups excluding carboxylic acids is 1. The van der Waals surface area contributed by atoms with Gasteiger partial charge in [-0.1, -0.05) is 11.6 Å². The Hall–Kier alpha value is -1.02. The molecule has 3 aliphatic heterocycles. The van der Waals surface area contributed by atoms with Crippen LogP contribution in [0, 0.1) is 5.92 Å². The van der Waals surface area contributed by atoms with Crippen molar-refractivity contribution in [3.05, 3.63) is 28.4 Å². The zero-order chi connectivity index (χ0) is 15.8. The van der Waals surface area contributed by atoms with Crippen molar-refractivity contribution in [1.82, 2.24) is 15.2 Å². The van der Waals surface area contributed by atoms with Gasteiger partial charge in [-0.2, -0.15) is 4.98 Å². The summed E-state index contributed by atoms with van der Waals surface area (Å²) in [5.41, 5.74) is 0. The molecule has 1 atom stereocenters. The van der Waals surface area contributed by atoms with Crippen LogP contribution < -0.4 is 5.32 Å². The van der Waals surface area contributed by atoms with Gasteiger partial charge in [0.25, 0.3) is 11.1 Å². The number of thiophene rings is 1. The Morgan fingerprint density at radius 3 is 2.91 bits per heavy atom. The van der Waals surface area contributed by atoms with Gasteiger partial charge in [0.15, 0.2) is 5.15 Å². The number of amides is 1. The van der Waals surface area contributed by atoms with Gasteiger partial charge >= 0.3 is 0 Å².